The van der Waals surface area contributed by atoms with E-state index in [9.17, 15) is 14.9 Å². The quantitative estimate of drug-likeness (QED) is 0.415. The molecule has 0 saturated carbocycles. The molecule has 0 radical (unpaired) electrons. The van der Waals surface area contributed by atoms with Gasteiger partial charge >= 0.3 is 11.7 Å². The molecule has 0 atom stereocenters. The summed E-state index contributed by atoms with van der Waals surface area (Å²) in [6.45, 7) is 1.86. The second-order valence-corrected chi connectivity index (χ2v) is 5.44. The number of nitrogens with zero attached hydrogens (tertiary/aromatic N) is 1. The number of hydrogen-bond acceptors (Lipinski definition) is 5. The van der Waals surface area contributed by atoms with Gasteiger partial charge in [-0.05, 0) is 25.1 Å². The van der Waals surface area contributed by atoms with Crippen molar-refractivity contribution in [1.29, 1.82) is 0 Å². The van der Waals surface area contributed by atoms with Gasteiger partial charge in [-0.1, -0.05) is 41.4 Å². The molecule has 2 aromatic rings. The zero-order valence-electron chi connectivity index (χ0n) is 12.6. The average molecular weight is 370 g/mol. The molecule has 0 N–H and O–H groups in total. The molecule has 0 saturated heterocycles. The van der Waals surface area contributed by atoms with Gasteiger partial charge in [-0.25, -0.2) is 0 Å². The van der Waals surface area contributed by atoms with Crippen molar-refractivity contribution in [3.8, 4) is 11.5 Å². The van der Waals surface area contributed by atoms with Crippen molar-refractivity contribution in [1.82, 2.24) is 0 Å². The molecule has 24 heavy (non-hydrogen) atoms. The van der Waals surface area contributed by atoms with E-state index in [0.29, 0.717) is 0 Å². The first-order chi connectivity index (χ1) is 11.4. The van der Waals surface area contributed by atoms with Crippen molar-refractivity contribution in [2.45, 2.75) is 13.3 Å². The molecule has 0 aliphatic carbocycles. The Labute approximate surface area is 148 Å². The second-order valence-electron chi connectivity index (χ2n) is 4.66. The molecule has 8 heteroatoms. The zero-order chi connectivity index (χ0) is 17.7. The molecule has 0 bridgehead atoms. The van der Waals surface area contributed by atoms with E-state index in [1.54, 1.807) is 25.1 Å². The van der Waals surface area contributed by atoms with Gasteiger partial charge in [0, 0.05) is 5.56 Å². The van der Waals surface area contributed by atoms with Crippen LogP contribution in [0.25, 0.3) is 0 Å². The SMILES string of the molecule is CCOC(=O)Cc1cccc(Oc2cccc(Cl)c2Cl)c1[N+](=O)[O-]. The van der Waals surface area contributed by atoms with Crippen molar-refractivity contribution < 1.29 is 19.2 Å². The summed E-state index contributed by atoms with van der Waals surface area (Å²) in [4.78, 5) is 22.5. The Balaban J connectivity index is 2.41. The monoisotopic (exact) mass is 369 g/mol. The van der Waals surface area contributed by atoms with Crippen molar-refractivity contribution in [3.63, 3.8) is 0 Å². The minimum absolute atomic E-state index is 0.0361. The van der Waals surface area contributed by atoms with Gasteiger partial charge in [0.2, 0.25) is 5.75 Å². The van der Waals surface area contributed by atoms with Gasteiger partial charge in [0.15, 0.2) is 0 Å². The van der Waals surface area contributed by atoms with E-state index < -0.39 is 10.9 Å². The number of carbonyl (C=O) groups is 1. The van der Waals surface area contributed by atoms with Crippen LogP contribution in [0.1, 0.15) is 12.5 Å². The number of ether oxygens (including phenoxy) is 2. The molecule has 0 spiro atoms. The summed E-state index contributed by atoms with van der Waals surface area (Å²) in [7, 11) is 0. The molecule has 0 aliphatic rings. The van der Waals surface area contributed by atoms with Gasteiger partial charge in [-0.3, -0.25) is 14.9 Å². The van der Waals surface area contributed by atoms with Crippen LogP contribution in [0.4, 0.5) is 5.69 Å². The average Bonchev–Trinajstić information content (AvgIpc) is 2.52. The second kappa shape index (κ2) is 7.99. The standard InChI is InChI=1S/C16H13Cl2NO5/c1-2-23-14(20)9-10-5-3-8-13(16(10)19(21)22)24-12-7-4-6-11(17)15(12)18/h3-8H,2,9H2,1H3. The molecule has 0 unspecified atom stereocenters. The number of para-hydroxylation sites is 1. The Hall–Kier alpha value is -2.31. The Bertz CT molecular complexity index is 779. The predicted molar refractivity (Wildman–Crippen MR) is 90.0 cm³/mol. The van der Waals surface area contributed by atoms with Crippen LogP contribution >= 0.6 is 23.2 Å². The lowest BCUT2D eigenvalue weighted by molar-refractivity contribution is -0.386. The van der Waals surface area contributed by atoms with Gasteiger partial charge in [-0.15, -0.1) is 0 Å². The molecule has 0 aliphatic heterocycles. The highest BCUT2D eigenvalue weighted by Crippen LogP contribution is 2.39. The summed E-state index contributed by atoms with van der Waals surface area (Å²) in [6.07, 6.45) is -0.232. The van der Waals surface area contributed by atoms with Crippen molar-refractivity contribution in [2.24, 2.45) is 0 Å². The van der Waals surface area contributed by atoms with Crippen LogP contribution in [0.5, 0.6) is 11.5 Å². The van der Waals surface area contributed by atoms with Gasteiger partial charge in [-0.2, -0.15) is 0 Å². The van der Waals surface area contributed by atoms with Gasteiger partial charge in [0.25, 0.3) is 0 Å². The van der Waals surface area contributed by atoms with E-state index in [4.69, 9.17) is 32.7 Å². The molecule has 2 rings (SSSR count). The van der Waals surface area contributed by atoms with Crippen LogP contribution in [-0.2, 0) is 16.0 Å². The Kier molecular flexibility index (Phi) is 6.00. The van der Waals surface area contributed by atoms with Gasteiger partial charge in [0.05, 0.1) is 23.0 Å². The third kappa shape index (κ3) is 4.15. The van der Waals surface area contributed by atoms with Crippen molar-refractivity contribution >= 4 is 34.9 Å². The Morgan fingerprint density at radius 1 is 1.17 bits per heavy atom. The lowest BCUT2D eigenvalue weighted by Crippen LogP contribution is -2.09. The maximum Gasteiger partial charge on any atom is 0.315 e. The summed E-state index contributed by atoms with van der Waals surface area (Å²) < 4.78 is 10.4. The van der Waals surface area contributed by atoms with Crippen molar-refractivity contribution in [2.75, 3.05) is 6.61 Å². The maximum atomic E-state index is 11.6. The lowest BCUT2D eigenvalue weighted by atomic mass is 10.1. The lowest BCUT2D eigenvalue weighted by Gasteiger charge is -2.11. The van der Waals surface area contributed by atoms with Crippen LogP contribution in [-0.4, -0.2) is 17.5 Å². The van der Waals surface area contributed by atoms with E-state index in [1.807, 2.05) is 0 Å². The van der Waals surface area contributed by atoms with E-state index in [-0.39, 0.29) is 45.8 Å². The molecule has 126 valence electrons. The number of halogens is 2. The third-order valence-electron chi connectivity index (χ3n) is 3.04. The Morgan fingerprint density at radius 3 is 2.50 bits per heavy atom. The summed E-state index contributed by atoms with van der Waals surface area (Å²) in [5.74, 6) is -0.412. The first kappa shape index (κ1) is 18.0. The van der Waals surface area contributed by atoms with Crippen molar-refractivity contribution in [3.05, 3.63) is 62.1 Å². The highest BCUT2D eigenvalue weighted by Gasteiger charge is 2.24. The topological polar surface area (TPSA) is 78.7 Å². The summed E-state index contributed by atoms with van der Waals surface area (Å²) in [5, 5.41) is 11.8. The largest absolute Gasteiger partial charge is 0.466 e. The Morgan fingerprint density at radius 2 is 1.83 bits per heavy atom. The minimum Gasteiger partial charge on any atom is -0.466 e. The number of carbonyl (C=O) groups excluding carboxylic acids is 1. The molecule has 0 aromatic heterocycles. The van der Waals surface area contributed by atoms with E-state index >= 15 is 0 Å². The van der Waals surface area contributed by atoms with Crippen LogP contribution in [0, 0.1) is 10.1 Å². The minimum atomic E-state index is -0.609. The fourth-order valence-electron chi connectivity index (χ4n) is 2.05. The summed E-state index contributed by atoms with van der Waals surface area (Å²) in [5.41, 5.74) is -0.129. The predicted octanol–water partition coefficient (Wildman–Crippen LogP) is 4.80. The number of nitro benzene ring substituents is 1. The van der Waals surface area contributed by atoms with E-state index in [2.05, 4.69) is 0 Å². The molecular formula is C16H13Cl2NO5. The normalized spacial score (nSPS) is 10.3. The maximum absolute atomic E-state index is 11.6. The highest BCUT2D eigenvalue weighted by molar-refractivity contribution is 6.42. The number of hydrogen-bond donors (Lipinski definition) is 0. The van der Waals surface area contributed by atoms with E-state index in [1.165, 1.54) is 18.2 Å². The van der Waals surface area contributed by atoms with Gasteiger partial charge in [0.1, 0.15) is 10.8 Å². The van der Waals surface area contributed by atoms with Crippen LogP contribution in [0.3, 0.4) is 0 Å². The third-order valence-corrected chi connectivity index (χ3v) is 3.84. The molecule has 0 heterocycles. The number of rotatable bonds is 6. The molecule has 0 amide bonds. The van der Waals surface area contributed by atoms with Gasteiger partial charge < -0.3 is 9.47 Å². The molecule has 0 fully saturated rings. The van der Waals surface area contributed by atoms with Crippen LogP contribution in [0.15, 0.2) is 36.4 Å². The van der Waals surface area contributed by atoms with E-state index in [0.717, 1.165) is 0 Å². The highest BCUT2D eigenvalue weighted by atomic mass is 35.5. The fourth-order valence-corrected chi connectivity index (χ4v) is 2.38. The molecule has 2 aromatic carbocycles. The number of benzene rings is 2. The fraction of sp³-hybridized carbons (Fsp3) is 0.188. The molecule has 6 nitrogen and oxygen atoms in total. The zero-order valence-corrected chi connectivity index (χ0v) is 14.1. The van der Waals surface area contributed by atoms with Crippen LogP contribution < -0.4 is 4.74 Å². The first-order valence-corrected chi connectivity index (χ1v) is 7.73. The number of nitro groups is 1. The van der Waals surface area contributed by atoms with Crippen LogP contribution in [0.2, 0.25) is 10.0 Å². The number of esters is 1. The smallest absolute Gasteiger partial charge is 0.315 e. The molecular weight excluding hydrogens is 357 g/mol. The summed E-state index contributed by atoms with van der Waals surface area (Å²) in [6, 6.07) is 9.16. The first-order valence-electron chi connectivity index (χ1n) is 6.97. The summed E-state index contributed by atoms with van der Waals surface area (Å²) >= 11 is 11.9.